The summed E-state index contributed by atoms with van der Waals surface area (Å²) >= 11 is 0.892. The Morgan fingerprint density at radius 1 is 1.27 bits per heavy atom. The largest absolute Gasteiger partial charge is 0.481 e. The second-order valence-electron chi connectivity index (χ2n) is 5.83. The summed E-state index contributed by atoms with van der Waals surface area (Å²) < 4.78 is 4.95. The Morgan fingerprint density at radius 2 is 1.88 bits per heavy atom. The van der Waals surface area contributed by atoms with Crippen molar-refractivity contribution < 1.29 is 29.0 Å². The Labute approximate surface area is 154 Å². The number of rotatable bonds is 6. The molecule has 1 aromatic rings. The maximum atomic E-state index is 12.6. The first-order valence-corrected chi connectivity index (χ1v) is 8.88. The minimum atomic E-state index is -1.06. The summed E-state index contributed by atoms with van der Waals surface area (Å²) in [5, 5.41) is 12.0. The third-order valence-electron chi connectivity index (χ3n) is 4.18. The molecule has 0 fully saturated rings. The summed E-state index contributed by atoms with van der Waals surface area (Å²) in [4.78, 5) is 48.0. The molecule has 140 valence electrons. The summed E-state index contributed by atoms with van der Waals surface area (Å²) in [6.45, 7) is 3.36. The highest BCUT2D eigenvalue weighted by molar-refractivity contribution is 7.18. The van der Waals surface area contributed by atoms with Gasteiger partial charge in [-0.2, -0.15) is 0 Å². The quantitative estimate of drug-likeness (QED) is 0.510. The maximum absolute atomic E-state index is 12.6. The van der Waals surface area contributed by atoms with E-state index in [4.69, 9.17) is 10.5 Å². The normalized spacial score (nSPS) is 19.0. The highest BCUT2D eigenvalue weighted by Gasteiger charge is 2.35. The van der Waals surface area contributed by atoms with E-state index in [0.717, 1.165) is 11.3 Å². The van der Waals surface area contributed by atoms with Gasteiger partial charge in [0.15, 0.2) is 0 Å². The van der Waals surface area contributed by atoms with Crippen molar-refractivity contribution in [1.29, 1.82) is 0 Å². The van der Waals surface area contributed by atoms with Gasteiger partial charge in [0.1, 0.15) is 9.88 Å². The van der Waals surface area contributed by atoms with Gasteiger partial charge in [0.05, 0.1) is 24.0 Å². The topological polar surface area (TPSA) is 136 Å². The van der Waals surface area contributed by atoms with Crippen LogP contribution in [0.1, 0.15) is 45.4 Å². The van der Waals surface area contributed by atoms with Crippen LogP contribution in [0, 0.1) is 18.8 Å². The summed E-state index contributed by atoms with van der Waals surface area (Å²) in [5.41, 5.74) is 5.75. The van der Waals surface area contributed by atoms with E-state index < -0.39 is 35.6 Å². The molecule has 9 heteroatoms. The van der Waals surface area contributed by atoms with Crippen LogP contribution in [-0.2, 0) is 14.3 Å². The van der Waals surface area contributed by atoms with Crippen molar-refractivity contribution in [1.82, 2.24) is 0 Å². The van der Waals surface area contributed by atoms with Gasteiger partial charge < -0.3 is 20.9 Å². The number of carboxylic acid groups (broad SMARTS) is 1. The Morgan fingerprint density at radius 3 is 2.42 bits per heavy atom. The number of nitrogens with one attached hydrogen (secondary N) is 1. The molecule has 1 heterocycles. The fourth-order valence-corrected chi connectivity index (χ4v) is 3.98. The number of nitrogens with two attached hydrogens (primary N) is 1. The van der Waals surface area contributed by atoms with E-state index in [-0.39, 0.29) is 34.9 Å². The molecular weight excluding hydrogens is 360 g/mol. The number of primary amides is 1. The molecule has 2 amide bonds. The van der Waals surface area contributed by atoms with E-state index in [2.05, 4.69) is 5.32 Å². The summed E-state index contributed by atoms with van der Waals surface area (Å²) in [5.74, 6) is -4.60. The van der Waals surface area contributed by atoms with Gasteiger partial charge in [0.25, 0.3) is 5.91 Å². The van der Waals surface area contributed by atoms with Crippen LogP contribution in [-0.4, -0.2) is 35.5 Å². The Hall–Kier alpha value is -2.68. The van der Waals surface area contributed by atoms with Crippen molar-refractivity contribution >= 4 is 40.1 Å². The van der Waals surface area contributed by atoms with Gasteiger partial charge in [-0.15, -0.1) is 11.3 Å². The van der Waals surface area contributed by atoms with Gasteiger partial charge in [-0.3, -0.25) is 14.4 Å². The second-order valence-corrected chi connectivity index (χ2v) is 6.85. The van der Waals surface area contributed by atoms with Crippen molar-refractivity contribution in [3.63, 3.8) is 0 Å². The molecule has 0 aliphatic heterocycles. The molecular formula is C17H20N2O6S. The zero-order valence-corrected chi connectivity index (χ0v) is 15.2. The van der Waals surface area contributed by atoms with Gasteiger partial charge in [-0.25, -0.2) is 4.79 Å². The van der Waals surface area contributed by atoms with Gasteiger partial charge in [0.2, 0.25) is 5.91 Å². The van der Waals surface area contributed by atoms with E-state index in [9.17, 15) is 24.3 Å². The standard InChI is InChI=1S/C17H20N2O6S/c1-3-25-17(24)12-8(2)11(13(18)20)15(26-12)19-14(21)9-6-4-5-7-10(9)16(22)23/h4-5,9-10H,3,6-7H2,1-2H3,(H2,18,20)(H,19,21)(H,22,23)/t9-,10-/m0/s1. The van der Waals surface area contributed by atoms with Crippen molar-refractivity contribution in [2.24, 2.45) is 17.6 Å². The molecule has 8 nitrogen and oxygen atoms in total. The Kier molecular flexibility index (Phi) is 6.14. The highest BCUT2D eigenvalue weighted by Crippen LogP contribution is 2.35. The molecule has 0 spiro atoms. The molecule has 0 radical (unpaired) electrons. The van der Waals surface area contributed by atoms with E-state index >= 15 is 0 Å². The average Bonchev–Trinajstić information content (AvgIpc) is 2.91. The SMILES string of the molecule is CCOC(=O)c1sc(NC(=O)[C@H]2CC=CC[C@@H]2C(=O)O)c(C(N)=O)c1C. The summed E-state index contributed by atoms with van der Waals surface area (Å²) in [6.07, 6.45) is 4.02. The van der Waals surface area contributed by atoms with Crippen LogP contribution in [0.3, 0.4) is 0 Å². The molecule has 1 aromatic heterocycles. The van der Waals surface area contributed by atoms with E-state index in [1.807, 2.05) is 0 Å². The molecule has 1 aliphatic carbocycles. The monoisotopic (exact) mass is 380 g/mol. The number of esters is 1. The number of amides is 2. The zero-order chi connectivity index (χ0) is 19.4. The number of anilines is 1. The smallest absolute Gasteiger partial charge is 0.348 e. The number of carbonyl (C=O) groups is 4. The number of ether oxygens (including phenoxy) is 1. The number of aliphatic carboxylic acids is 1. The first-order valence-electron chi connectivity index (χ1n) is 8.06. The number of allylic oxidation sites excluding steroid dienone is 2. The minimum Gasteiger partial charge on any atom is -0.481 e. The molecule has 0 unspecified atom stereocenters. The minimum absolute atomic E-state index is 0.0321. The summed E-state index contributed by atoms with van der Waals surface area (Å²) in [6, 6.07) is 0. The van der Waals surface area contributed by atoms with Gasteiger partial charge in [0, 0.05) is 0 Å². The third kappa shape index (κ3) is 3.93. The molecule has 4 N–H and O–H groups in total. The van der Waals surface area contributed by atoms with Crippen LogP contribution >= 0.6 is 11.3 Å². The molecule has 2 rings (SSSR count). The van der Waals surface area contributed by atoms with Crippen LogP contribution < -0.4 is 11.1 Å². The first-order chi connectivity index (χ1) is 12.3. The molecule has 1 aliphatic rings. The van der Waals surface area contributed by atoms with Crippen LogP contribution in [0.15, 0.2) is 12.2 Å². The van der Waals surface area contributed by atoms with Crippen LogP contribution in [0.2, 0.25) is 0 Å². The maximum Gasteiger partial charge on any atom is 0.348 e. The van der Waals surface area contributed by atoms with Crippen LogP contribution in [0.5, 0.6) is 0 Å². The lowest BCUT2D eigenvalue weighted by Crippen LogP contribution is -2.35. The second kappa shape index (κ2) is 8.13. The molecule has 0 saturated heterocycles. The zero-order valence-electron chi connectivity index (χ0n) is 14.4. The molecule has 26 heavy (non-hydrogen) atoms. The lowest BCUT2D eigenvalue weighted by Gasteiger charge is -2.24. The lowest BCUT2D eigenvalue weighted by atomic mass is 9.82. The van der Waals surface area contributed by atoms with Crippen LogP contribution in [0.4, 0.5) is 5.00 Å². The molecule has 2 atom stereocenters. The van der Waals surface area contributed by atoms with Crippen molar-refractivity contribution in [2.45, 2.75) is 26.7 Å². The van der Waals surface area contributed by atoms with Gasteiger partial charge in [-0.1, -0.05) is 12.2 Å². The summed E-state index contributed by atoms with van der Waals surface area (Å²) in [7, 11) is 0. The van der Waals surface area contributed by atoms with Gasteiger partial charge >= 0.3 is 11.9 Å². The molecule has 0 bridgehead atoms. The highest BCUT2D eigenvalue weighted by atomic mass is 32.1. The number of carboxylic acids is 1. The third-order valence-corrected chi connectivity index (χ3v) is 5.36. The molecule has 0 saturated carbocycles. The van der Waals surface area contributed by atoms with Crippen LogP contribution in [0.25, 0.3) is 0 Å². The van der Waals surface area contributed by atoms with E-state index in [0.29, 0.717) is 5.56 Å². The predicted octanol–water partition coefficient (Wildman–Crippen LogP) is 1.94. The lowest BCUT2D eigenvalue weighted by molar-refractivity contribution is -0.146. The number of carbonyl (C=O) groups excluding carboxylic acids is 3. The van der Waals surface area contributed by atoms with Gasteiger partial charge in [-0.05, 0) is 32.3 Å². The van der Waals surface area contributed by atoms with E-state index in [1.54, 1.807) is 26.0 Å². The Bertz CT molecular complexity index is 782. The molecule has 0 aromatic carbocycles. The Balaban J connectivity index is 2.33. The average molecular weight is 380 g/mol. The number of hydrogen-bond acceptors (Lipinski definition) is 6. The van der Waals surface area contributed by atoms with E-state index in [1.165, 1.54) is 0 Å². The number of thiophene rings is 1. The fourth-order valence-electron chi connectivity index (χ4n) is 2.87. The van der Waals surface area contributed by atoms with Crippen molar-refractivity contribution in [2.75, 3.05) is 11.9 Å². The van der Waals surface area contributed by atoms with Crippen molar-refractivity contribution in [3.8, 4) is 0 Å². The first kappa shape index (κ1) is 19.6. The fraction of sp³-hybridized carbons (Fsp3) is 0.412. The predicted molar refractivity (Wildman–Crippen MR) is 95.1 cm³/mol. The van der Waals surface area contributed by atoms with Crippen molar-refractivity contribution in [3.05, 3.63) is 28.2 Å². The number of hydrogen-bond donors (Lipinski definition) is 3.